The zero-order valence-electron chi connectivity index (χ0n) is 15.1. The van der Waals surface area contributed by atoms with Crippen LogP contribution in [-0.4, -0.2) is 30.1 Å². The lowest BCUT2D eigenvalue weighted by molar-refractivity contribution is -0.127. The van der Waals surface area contributed by atoms with Crippen LogP contribution in [0.2, 0.25) is 0 Å². The highest BCUT2D eigenvalue weighted by atomic mass is 32.1. The van der Waals surface area contributed by atoms with Gasteiger partial charge in [-0.15, -0.1) is 11.3 Å². The lowest BCUT2D eigenvalue weighted by Crippen LogP contribution is -2.47. The molecular weight excluding hydrogens is 352 g/mol. The maximum absolute atomic E-state index is 12.3. The molecular formula is C19H26N2O4S. The minimum Gasteiger partial charge on any atom is -0.448 e. The molecule has 1 heterocycles. The minimum absolute atomic E-state index is 0.127. The molecule has 26 heavy (non-hydrogen) atoms. The standard InChI is InChI=1S/C19H26N2O4S/c1-12(17(22)21-19(24)20-14-8-5-6-9-14)25-18(23)16-11-13-7-3-2-4-10-15(13)26-16/h11-12,14H,2-10H2,1H3,(H2,20,21,22,24). The average molecular weight is 378 g/mol. The summed E-state index contributed by atoms with van der Waals surface area (Å²) in [6.07, 6.45) is 8.57. The number of imide groups is 1. The maximum Gasteiger partial charge on any atom is 0.349 e. The summed E-state index contributed by atoms with van der Waals surface area (Å²) in [6.45, 7) is 1.48. The van der Waals surface area contributed by atoms with Gasteiger partial charge in [0.2, 0.25) is 0 Å². The van der Waals surface area contributed by atoms with Gasteiger partial charge in [-0.2, -0.15) is 0 Å². The average Bonchev–Trinajstić information content (AvgIpc) is 3.20. The summed E-state index contributed by atoms with van der Waals surface area (Å²) in [6, 6.07) is 1.50. The van der Waals surface area contributed by atoms with Crippen LogP contribution >= 0.6 is 11.3 Å². The van der Waals surface area contributed by atoms with Crippen LogP contribution in [0, 0.1) is 0 Å². The molecule has 7 heteroatoms. The molecule has 1 atom stereocenters. The molecule has 0 spiro atoms. The van der Waals surface area contributed by atoms with Crippen LogP contribution in [-0.2, 0) is 22.4 Å². The highest BCUT2D eigenvalue weighted by Crippen LogP contribution is 2.29. The molecule has 3 rings (SSSR count). The van der Waals surface area contributed by atoms with E-state index in [2.05, 4.69) is 10.6 Å². The highest BCUT2D eigenvalue weighted by molar-refractivity contribution is 7.14. The first kappa shape index (κ1) is 18.9. The topological polar surface area (TPSA) is 84.5 Å². The van der Waals surface area contributed by atoms with Gasteiger partial charge in [0.1, 0.15) is 4.88 Å². The second kappa shape index (κ2) is 8.66. The molecule has 0 aliphatic heterocycles. The summed E-state index contributed by atoms with van der Waals surface area (Å²) in [5.74, 6) is -1.10. The van der Waals surface area contributed by atoms with Crippen molar-refractivity contribution in [1.82, 2.24) is 10.6 Å². The van der Waals surface area contributed by atoms with Crippen molar-refractivity contribution >= 4 is 29.2 Å². The van der Waals surface area contributed by atoms with Crippen molar-refractivity contribution in [2.24, 2.45) is 0 Å². The minimum atomic E-state index is -1.02. The van der Waals surface area contributed by atoms with E-state index in [-0.39, 0.29) is 6.04 Å². The number of esters is 1. The van der Waals surface area contributed by atoms with Gasteiger partial charge in [0.05, 0.1) is 0 Å². The van der Waals surface area contributed by atoms with E-state index < -0.39 is 24.0 Å². The molecule has 6 nitrogen and oxygen atoms in total. The molecule has 1 saturated carbocycles. The van der Waals surface area contributed by atoms with Crippen molar-refractivity contribution in [2.45, 2.75) is 76.9 Å². The van der Waals surface area contributed by atoms with Crippen molar-refractivity contribution in [3.8, 4) is 0 Å². The summed E-state index contributed by atoms with van der Waals surface area (Å²) in [4.78, 5) is 38.1. The highest BCUT2D eigenvalue weighted by Gasteiger charge is 2.24. The third-order valence-electron chi connectivity index (χ3n) is 5.03. The van der Waals surface area contributed by atoms with E-state index in [1.54, 1.807) is 0 Å². The molecule has 2 N–H and O–H groups in total. The van der Waals surface area contributed by atoms with E-state index >= 15 is 0 Å². The van der Waals surface area contributed by atoms with Gasteiger partial charge >= 0.3 is 12.0 Å². The zero-order valence-corrected chi connectivity index (χ0v) is 16.0. The number of urea groups is 1. The molecule has 1 fully saturated rings. The molecule has 0 radical (unpaired) electrons. The Balaban J connectivity index is 1.50. The Hall–Kier alpha value is -1.89. The van der Waals surface area contributed by atoms with Gasteiger partial charge < -0.3 is 10.1 Å². The summed E-state index contributed by atoms with van der Waals surface area (Å²) < 4.78 is 5.26. The molecule has 142 valence electrons. The first-order chi connectivity index (χ1) is 12.5. The van der Waals surface area contributed by atoms with E-state index in [0.29, 0.717) is 4.88 Å². The van der Waals surface area contributed by atoms with Crippen molar-refractivity contribution in [3.05, 3.63) is 21.4 Å². The predicted octanol–water partition coefficient (Wildman–Crippen LogP) is 3.33. The Labute approximate surface area is 157 Å². The van der Waals surface area contributed by atoms with Crippen LogP contribution in [0.5, 0.6) is 0 Å². The molecule has 3 amide bonds. The number of carbonyl (C=O) groups excluding carboxylic acids is 3. The fourth-order valence-electron chi connectivity index (χ4n) is 3.55. The van der Waals surface area contributed by atoms with Gasteiger partial charge in [-0.25, -0.2) is 9.59 Å². The first-order valence-corrected chi connectivity index (χ1v) is 10.3. The number of ether oxygens (including phenoxy) is 1. The van der Waals surface area contributed by atoms with E-state index in [0.717, 1.165) is 51.4 Å². The normalized spacial score (nSPS) is 18.5. The Morgan fingerprint density at radius 3 is 2.62 bits per heavy atom. The summed E-state index contributed by atoms with van der Waals surface area (Å²) in [7, 11) is 0. The summed E-state index contributed by atoms with van der Waals surface area (Å²) >= 11 is 1.46. The van der Waals surface area contributed by atoms with Crippen molar-refractivity contribution < 1.29 is 19.1 Å². The Morgan fingerprint density at radius 2 is 1.85 bits per heavy atom. The molecule has 1 aromatic rings. The van der Waals surface area contributed by atoms with Crippen LogP contribution in [0.4, 0.5) is 4.79 Å². The Bertz CT molecular complexity index is 656. The Kier molecular flexibility index (Phi) is 6.29. The van der Waals surface area contributed by atoms with E-state index in [1.165, 1.54) is 35.1 Å². The number of amides is 3. The first-order valence-electron chi connectivity index (χ1n) is 9.47. The van der Waals surface area contributed by atoms with Gasteiger partial charge in [-0.3, -0.25) is 10.1 Å². The van der Waals surface area contributed by atoms with Crippen LogP contribution in [0.1, 0.15) is 72.0 Å². The summed E-state index contributed by atoms with van der Waals surface area (Å²) in [5.41, 5.74) is 1.23. The number of thiophene rings is 1. The monoisotopic (exact) mass is 378 g/mol. The van der Waals surface area contributed by atoms with Gasteiger partial charge in [-0.05, 0) is 57.1 Å². The molecule has 2 aliphatic rings. The Morgan fingerprint density at radius 1 is 1.12 bits per heavy atom. The quantitative estimate of drug-likeness (QED) is 0.622. The number of rotatable bonds is 4. The smallest absolute Gasteiger partial charge is 0.349 e. The number of fused-ring (bicyclic) bond motifs is 1. The second-order valence-electron chi connectivity index (χ2n) is 7.11. The fraction of sp³-hybridized carbons (Fsp3) is 0.632. The second-order valence-corrected chi connectivity index (χ2v) is 8.25. The van der Waals surface area contributed by atoms with Gasteiger partial charge in [0.25, 0.3) is 5.91 Å². The van der Waals surface area contributed by atoms with E-state index in [9.17, 15) is 14.4 Å². The van der Waals surface area contributed by atoms with E-state index in [1.807, 2.05) is 6.07 Å². The predicted molar refractivity (Wildman–Crippen MR) is 99.4 cm³/mol. The summed E-state index contributed by atoms with van der Waals surface area (Å²) in [5, 5.41) is 5.04. The maximum atomic E-state index is 12.3. The molecule has 0 bridgehead atoms. The van der Waals surface area contributed by atoms with Crippen molar-refractivity contribution in [1.29, 1.82) is 0 Å². The van der Waals surface area contributed by atoms with E-state index in [4.69, 9.17) is 4.74 Å². The van der Waals surface area contributed by atoms with Gasteiger partial charge in [-0.1, -0.05) is 19.3 Å². The fourth-order valence-corrected chi connectivity index (χ4v) is 4.68. The SMILES string of the molecule is CC(OC(=O)c1cc2c(s1)CCCCC2)C(=O)NC(=O)NC1CCCC1. The number of hydrogen-bond acceptors (Lipinski definition) is 5. The molecule has 0 aromatic carbocycles. The van der Waals surface area contributed by atoms with Crippen LogP contribution in [0.15, 0.2) is 6.07 Å². The zero-order chi connectivity index (χ0) is 18.5. The van der Waals surface area contributed by atoms with Gasteiger partial charge in [0, 0.05) is 10.9 Å². The molecule has 0 saturated heterocycles. The molecule has 1 aromatic heterocycles. The number of hydrogen-bond donors (Lipinski definition) is 2. The van der Waals surface area contributed by atoms with Crippen LogP contribution in [0.3, 0.4) is 0 Å². The molecule has 1 unspecified atom stereocenters. The third kappa shape index (κ3) is 4.84. The largest absolute Gasteiger partial charge is 0.448 e. The number of carbonyl (C=O) groups is 3. The van der Waals surface area contributed by atoms with Crippen molar-refractivity contribution in [3.63, 3.8) is 0 Å². The molecule has 2 aliphatic carbocycles. The lowest BCUT2D eigenvalue weighted by atomic mass is 10.1. The third-order valence-corrected chi connectivity index (χ3v) is 6.25. The van der Waals surface area contributed by atoms with Gasteiger partial charge in [0.15, 0.2) is 6.10 Å². The number of nitrogens with one attached hydrogen (secondary N) is 2. The van der Waals surface area contributed by atoms with Crippen molar-refractivity contribution in [2.75, 3.05) is 0 Å². The number of aryl methyl sites for hydroxylation is 2. The van der Waals surface area contributed by atoms with Crippen LogP contribution in [0.25, 0.3) is 0 Å². The lowest BCUT2D eigenvalue weighted by Gasteiger charge is -2.15. The van der Waals surface area contributed by atoms with Crippen LogP contribution < -0.4 is 10.6 Å².